The Kier molecular flexibility index (Phi) is 11.4. The third-order valence-corrected chi connectivity index (χ3v) is 11.7. The summed E-state index contributed by atoms with van der Waals surface area (Å²) < 4.78 is 167. The molecule has 6 rings (SSSR count). The van der Waals surface area contributed by atoms with Gasteiger partial charge in [0.2, 0.25) is 21.7 Å². The monoisotopic (exact) mass is 842 g/mol. The number of amides is 1. The Hall–Kier alpha value is -5.10. The molecule has 4 aromatic rings. The summed E-state index contributed by atoms with van der Waals surface area (Å²) in [7, 11) is -6.10. The summed E-state index contributed by atoms with van der Waals surface area (Å²) in [5.41, 5.74) is -1.91. The predicted octanol–water partition coefficient (Wildman–Crippen LogP) is 9.09. The minimum Gasteiger partial charge on any atom is -0.488 e. The molecule has 58 heavy (non-hydrogen) atoms. The third kappa shape index (κ3) is 8.26. The minimum absolute atomic E-state index is 0.161. The van der Waals surface area contributed by atoms with Gasteiger partial charge in [-0.3, -0.25) is 4.79 Å². The van der Waals surface area contributed by atoms with Crippen LogP contribution < -0.4 is 9.64 Å². The highest BCUT2D eigenvalue weighted by Crippen LogP contribution is 2.43. The van der Waals surface area contributed by atoms with Crippen molar-refractivity contribution in [2.45, 2.75) is 88.8 Å². The van der Waals surface area contributed by atoms with Crippen molar-refractivity contribution in [2.75, 3.05) is 11.4 Å². The van der Waals surface area contributed by atoms with Gasteiger partial charge in [0.25, 0.3) is 0 Å². The molecule has 0 aromatic heterocycles. The van der Waals surface area contributed by atoms with Crippen molar-refractivity contribution >= 4 is 27.6 Å². The van der Waals surface area contributed by atoms with E-state index in [0.29, 0.717) is 25.3 Å². The lowest BCUT2D eigenvalue weighted by molar-refractivity contribution is -0.119. The van der Waals surface area contributed by atoms with Crippen LogP contribution in [-0.2, 0) is 33.3 Å². The van der Waals surface area contributed by atoms with E-state index in [0.717, 1.165) is 47.1 Å². The van der Waals surface area contributed by atoms with Gasteiger partial charge in [-0.15, -0.1) is 0 Å². The molecule has 18 heteroatoms. The molecule has 0 bridgehead atoms. The van der Waals surface area contributed by atoms with E-state index in [2.05, 4.69) is 0 Å². The number of halogens is 9. The zero-order valence-corrected chi connectivity index (χ0v) is 32.1. The van der Waals surface area contributed by atoms with E-state index in [1.807, 2.05) is 26.8 Å². The highest BCUT2D eigenvalue weighted by Gasteiger charge is 2.40. The maximum absolute atomic E-state index is 15.5. The van der Waals surface area contributed by atoms with Gasteiger partial charge in [0, 0.05) is 17.7 Å². The summed E-state index contributed by atoms with van der Waals surface area (Å²) in [5, 5.41) is 9.73. The molecule has 8 nitrogen and oxygen atoms in total. The molecule has 0 atom stereocenters. The topological polar surface area (TPSA) is 104 Å². The number of nitrogens with zero attached hydrogens (tertiary/aromatic N) is 2. The first-order valence-corrected chi connectivity index (χ1v) is 19.3. The molecular weight excluding hydrogens is 807 g/mol. The Balaban J connectivity index is 1.54. The Labute approximate surface area is 326 Å². The van der Waals surface area contributed by atoms with E-state index in [4.69, 9.17) is 4.74 Å². The zero-order chi connectivity index (χ0) is 42.8. The standard InChI is InChI=1S/C40H35F9N2O6S/c1-18-29(41)33(45)37(49)38(30(18)42)58(55,56)50(16-25-31(43)34(46)36(48)35(47)32(25)44)17-28(52)51(26-10-7-21(39(53)54)14-27(26)57-24-8-9-24)15-19-11-22(20-5-6-20)13-23(12-19)40(2,3)4/h7,10-14,20,24H,5-6,8-9,15-17H2,1-4H3,(H,53,54). The van der Waals surface area contributed by atoms with Crippen LogP contribution in [0.2, 0.25) is 0 Å². The molecule has 2 aliphatic carbocycles. The lowest BCUT2D eigenvalue weighted by atomic mass is 9.84. The fourth-order valence-electron chi connectivity index (χ4n) is 6.22. The molecular formula is C40H35F9N2O6S. The lowest BCUT2D eigenvalue weighted by Crippen LogP contribution is -2.43. The average Bonchev–Trinajstić information content (AvgIpc) is 4.11. The Morgan fingerprint density at radius 3 is 1.90 bits per heavy atom. The second-order valence-electron chi connectivity index (χ2n) is 15.3. The van der Waals surface area contributed by atoms with E-state index in [-0.39, 0.29) is 27.2 Å². The zero-order valence-electron chi connectivity index (χ0n) is 31.3. The van der Waals surface area contributed by atoms with E-state index in [1.54, 1.807) is 12.1 Å². The van der Waals surface area contributed by atoms with Gasteiger partial charge in [-0.2, -0.15) is 4.31 Å². The maximum Gasteiger partial charge on any atom is 0.335 e. The number of anilines is 1. The third-order valence-electron chi connectivity index (χ3n) is 9.87. The van der Waals surface area contributed by atoms with Gasteiger partial charge in [0.05, 0.1) is 30.4 Å². The molecule has 2 aliphatic rings. The number of aromatic carboxylic acids is 1. The van der Waals surface area contributed by atoms with E-state index < -0.39 is 121 Å². The van der Waals surface area contributed by atoms with Crippen LogP contribution in [0, 0.1) is 59.3 Å². The largest absolute Gasteiger partial charge is 0.488 e. The molecule has 0 saturated heterocycles. The number of carboxylic acid groups (broad SMARTS) is 1. The number of sulfonamides is 1. The summed E-state index contributed by atoms with van der Waals surface area (Å²) in [6, 6.07) is 8.86. The molecule has 2 fully saturated rings. The van der Waals surface area contributed by atoms with Gasteiger partial charge in [-0.25, -0.2) is 52.7 Å². The van der Waals surface area contributed by atoms with Gasteiger partial charge in [-0.05, 0) is 78.8 Å². The number of hydrogen-bond donors (Lipinski definition) is 1. The highest BCUT2D eigenvalue weighted by molar-refractivity contribution is 7.89. The summed E-state index contributed by atoms with van der Waals surface area (Å²) in [4.78, 5) is 25.3. The van der Waals surface area contributed by atoms with Crippen molar-refractivity contribution in [3.63, 3.8) is 0 Å². The summed E-state index contributed by atoms with van der Waals surface area (Å²) in [6.45, 7) is 2.28. The van der Waals surface area contributed by atoms with Crippen molar-refractivity contribution in [1.82, 2.24) is 4.31 Å². The number of rotatable bonds is 13. The number of benzene rings is 4. The van der Waals surface area contributed by atoms with Crippen LogP contribution in [0.25, 0.3) is 0 Å². The molecule has 0 spiro atoms. The molecule has 1 N–H and O–H groups in total. The second kappa shape index (κ2) is 15.6. The van der Waals surface area contributed by atoms with Crippen molar-refractivity contribution in [2.24, 2.45) is 0 Å². The lowest BCUT2D eigenvalue weighted by Gasteiger charge is -2.30. The molecule has 1 amide bonds. The molecule has 0 heterocycles. The van der Waals surface area contributed by atoms with Crippen LogP contribution >= 0.6 is 0 Å². The molecule has 0 unspecified atom stereocenters. The van der Waals surface area contributed by atoms with Gasteiger partial charge >= 0.3 is 5.97 Å². The number of carboxylic acids is 1. The second-order valence-corrected chi connectivity index (χ2v) is 17.2. The van der Waals surface area contributed by atoms with Crippen LogP contribution in [0.5, 0.6) is 5.75 Å². The maximum atomic E-state index is 15.5. The minimum atomic E-state index is -6.10. The van der Waals surface area contributed by atoms with Crippen molar-refractivity contribution in [3.8, 4) is 5.75 Å². The quantitative estimate of drug-likeness (QED) is 0.0819. The summed E-state index contributed by atoms with van der Waals surface area (Å²) in [5.74, 6) is -25.0. The molecule has 310 valence electrons. The predicted molar refractivity (Wildman–Crippen MR) is 190 cm³/mol. The number of ether oxygens (including phenoxy) is 1. The molecule has 0 radical (unpaired) electrons. The van der Waals surface area contributed by atoms with Crippen molar-refractivity contribution < 1.29 is 67.4 Å². The molecule has 4 aromatic carbocycles. The van der Waals surface area contributed by atoms with E-state index >= 15 is 17.6 Å². The van der Waals surface area contributed by atoms with Crippen molar-refractivity contribution in [3.05, 3.63) is 122 Å². The first-order valence-electron chi connectivity index (χ1n) is 17.8. The number of hydrogen-bond acceptors (Lipinski definition) is 5. The van der Waals surface area contributed by atoms with Gasteiger partial charge < -0.3 is 14.7 Å². The Morgan fingerprint density at radius 1 is 0.759 bits per heavy atom. The SMILES string of the molecule is Cc1c(F)c(F)c(F)c(S(=O)(=O)N(CC(=O)N(Cc2cc(C3CC3)cc(C(C)(C)C)c2)c2ccc(C(=O)O)cc2OC2CC2)Cc2c(F)c(F)c(F)c(F)c2F)c1F. The van der Waals surface area contributed by atoms with Crippen molar-refractivity contribution in [1.29, 1.82) is 0 Å². The van der Waals surface area contributed by atoms with Crippen LogP contribution in [0.4, 0.5) is 45.2 Å². The van der Waals surface area contributed by atoms with Crippen LogP contribution in [-0.4, -0.2) is 42.4 Å². The smallest absolute Gasteiger partial charge is 0.335 e. The normalized spacial score (nSPS) is 14.6. The first-order chi connectivity index (χ1) is 27.0. The summed E-state index contributed by atoms with van der Waals surface area (Å²) >= 11 is 0. The van der Waals surface area contributed by atoms with Crippen LogP contribution in [0.3, 0.4) is 0 Å². The number of carbonyl (C=O) groups excluding carboxylic acids is 1. The Bertz CT molecular complexity index is 2410. The molecule has 0 aliphatic heterocycles. The van der Waals surface area contributed by atoms with Gasteiger partial charge in [-0.1, -0.05) is 39.0 Å². The van der Waals surface area contributed by atoms with Crippen LogP contribution in [0.1, 0.15) is 90.5 Å². The average molecular weight is 843 g/mol. The fourth-order valence-corrected chi connectivity index (χ4v) is 7.76. The van der Waals surface area contributed by atoms with E-state index in [9.17, 15) is 45.1 Å². The highest BCUT2D eigenvalue weighted by atomic mass is 32.2. The summed E-state index contributed by atoms with van der Waals surface area (Å²) in [6.07, 6.45) is 2.41. The number of carbonyl (C=O) groups is 2. The fraction of sp³-hybridized carbons (Fsp3) is 0.350. The first kappa shape index (κ1) is 42.5. The molecule has 2 saturated carbocycles. The van der Waals surface area contributed by atoms with Gasteiger partial charge in [0.1, 0.15) is 5.75 Å². The van der Waals surface area contributed by atoms with Crippen LogP contribution in [0.15, 0.2) is 41.3 Å². The Morgan fingerprint density at radius 2 is 1.34 bits per heavy atom. The van der Waals surface area contributed by atoms with Gasteiger partial charge in [0.15, 0.2) is 51.4 Å². The van der Waals surface area contributed by atoms with E-state index in [1.165, 1.54) is 0 Å².